The highest BCUT2D eigenvalue weighted by Gasteiger charge is 2.24. The SMILES string of the molecule is COC(C)COc1ccc([B-](F)(F)F)cc1. The lowest BCUT2D eigenvalue weighted by molar-refractivity contribution is 0.0717. The molecule has 6 heteroatoms. The molecule has 16 heavy (non-hydrogen) atoms. The molecule has 0 aromatic heterocycles. The van der Waals surface area contributed by atoms with Gasteiger partial charge in [-0.25, -0.2) is 0 Å². The molecule has 1 unspecified atom stereocenters. The Bertz CT molecular complexity index is 324. The normalized spacial score (nSPS) is 13.6. The van der Waals surface area contributed by atoms with E-state index in [2.05, 4.69) is 0 Å². The molecule has 0 aliphatic carbocycles. The summed E-state index contributed by atoms with van der Waals surface area (Å²) >= 11 is 0. The average molecular weight is 233 g/mol. The molecule has 0 spiro atoms. The lowest BCUT2D eigenvalue weighted by Crippen LogP contribution is -2.33. The van der Waals surface area contributed by atoms with E-state index < -0.39 is 12.4 Å². The summed E-state index contributed by atoms with van der Waals surface area (Å²) in [5.74, 6) is 0.410. The monoisotopic (exact) mass is 233 g/mol. The number of ether oxygens (including phenoxy) is 2. The number of rotatable bonds is 5. The van der Waals surface area contributed by atoms with Crippen LogP contribution in [0.25, 0.3) is 0 Å². The van der Waals surface area contributed by atoms with Crippen molar-refractivity contribution in [2.45, 2.75) is 13.0 Å². The van der Waals surface area contributed by atoms with Crippen LogP contribution in [0.15, 0.2) is 24.3 Å². The molecule has 2 nitrogen and oxygen atoms in total. The molecule has 1 aromatic rings. The maximum Gasteiger partial charge on any atom is 0.509 e. The number of halogens is 3. The summed E-state index contributed by atoms with van der Waals surface area (Å²) < 4.78 is 47.1. The van der Waals surface area contributed by atoms with Crippen molar-refractivity contribution in [3.63, 3.8) is 0 Å². The second kappa shape index (κ2) is 5.25. The van der Waals surface area contributed by atoms with E-state index in [0.717, 1.165) is 12.1 Å². The average Bonchev–Trinajstić information content (AvgIpc) is 2.25. The summed E-state index contributed by atoms with van der Waals surface area (Å²) in [5.41, 5.74) is -0.618. The standard InChI is InChI=1S/C10H13BF3O2/c1-8(15-2)7-16-10-5-3-9(4-6-10)11(12,13)14/h3-6,8H,7H2,1-2H3/q-1. The number of benzene rings is 1. The topological polar surface area (TPSA) is 18.5 Å². The van der Waals surface area contributed by atoms with E-state index in [4.69, 9.17) is 9.47 Å². The van der Waals surface area contributed by atoms with E-state index in [0.29, 0.717) is 12.4 Å². The van der Waals surface area contributed by atoms with Gasteiger partial charge in [-0.15, -0.1) is 5.46 Å². The first-order valence-corrected chi connectivity index (χ1v) is 4.89. The van der Waals surface area contributed by atoms with Crippen LogP contribution in [0.2, 0.25) is 0 Å². The molecule has 0 bridgehead atoms. The quantitative estimate of drug-likeness (QED) is 0.725. The highest BCUT2D eigenvalue weighted by Crippen LogP contribution is 2.13. The predicted molar refractivity (Wildman–Crippen MR) is 57.1 cm³/mol. The van der Waals surface area contributed by atoms with Gasteiger partial charge in [0, 0.05) is 7.11 Å². The molecular weight excluding hydrogens is 220 g/mol. The van der Waals surface area contributed by atoms with Crippen LogP contribution in [-0.4, -0.2) is 26.8 Å². The predicted octanol–water partition coefficient (Wildman–Crippen LogP) is 2.15. The van der Waals surface area contributed by atoms with Crippen LogP contribution in [0.3, 0.4) is 0 Å². The lowest BCUT2D eigenvalue weighted by Gasteiger charge is -2.16. The third-order valence-corrected chi connectivity index (χ3v) is 2.15. The molecule has 0 fully saturated rings. The Morgan fingerprint density at radius 2 is 1.75 bits per heavy atom. The molecular formula is C10H13BF3O2-. The number of hydrogen-bond donors (Lipinski definition) is 0. The van der Waals surface area contributed by atoms with Crippen LogP contribution < -0.4 is 10.2 Å². The first-order valence-electron chi connectivity index (χ1n) is 4.89. The molecule has 0 aliphatic heterocycles. The first kappa shape index (κ1) is 12.9. The van der Waals surface area contributed by atoms with Crippen molar-refractivity contribution >= 4 is 12.4 Å². The summed E-state index contributed by atoms with van der Waals surface area (Å²) in [4.78, 5) is 0. The molecule has 1 rings (SSSR count). The van der Waals surface area contributed by atoms with E-state index >= 15 is 0 Å². The van der Waals surface area contributed by atoms with Gasteiger partial charge in [0.25, 0.3) is 0 Å². The van der Waals surface area contributed by atoms with E-state index in [1.807, 2.05) is 6.92 Å². The number of methoxy groups -OCH3 is 1. The molecule has 0 radical (unpaired) electrons. The summed E-state index contributed by atoms with van der Waals surface area (Å²) in [6.45, 7) is -2.80. The van der Waals surface area contributed by atoms with Crippen molar-refractivity contribution in [3.8, 4) is 5.75 Å². The summed E-state index contributed by atoms with van der Waals surface area (Å²) in [5, 5.41) is 0. The largest absolute Gasteiger partial charge is 0.509 e. The minimum atomic E-state index is -4.93. The van der Waals surface area contributed by atoms with Gasteiger partial charge >= 0.3 is 6.98 Å². The zero-order valence-corrected chi connectivity index (χ0v) is 9.12. The summed E-state index contributed by atoms with van der Waals surface area (Å²) in [7, 11) is 1.54. The molecule has 0 aliphatic rings. The van der Waals surface area contributed by atoms with Crippen LogP contribution >= 0.6 is 0 Å². The van der Waals surface area contributed by atoms with E-state index in [9.17, 15) is 12.9 Å². The van der Waals surface area contributed by atoms with Gasteiger partial charge in [0.15, 0.2) is 0 Å². The maximum atomic E-state index is 12.3. The van der Waals surface area contributed by atoms with E-state index in [1.54, 1.807) is 7.11 Å². The second-order valence-corrected chi connectivity index (χ2v) is 3.50. The minimum Gasteiger partial charge on any atom is -0.491 e. The Morgan fingerprint density at radius 3 is 2.19 bits per heavy atom. The fourth-order valence-corrected chi connectivity index (χ4v) is 1.06. The Kier molecular flexibility index (Phi) is 4.23. The fourth-order valence-electron chi connectivity index (χ4n) is 1.06. The van der Waals surface area contributed by atoms with Crippen molar-refractivity contribution in [3.05, 3.63) is 24.3 Å². The van der Waals surface area contributed by atoms with Crippen molar-refractivity contribution in [2.75, 3.05) is 13.7 Å². The molecule has 0 amide bonds. The third-order valence-electron chi connectivity index (χ3n) is 2.15. The summed E-state index contributed by atoms with van der Waals surface area (Å²) in [6, 6.07) is 4.67. The van der Waals surface area contributed by atoms with Crippen molar-refractivity contribution < 1.29 is 22.4 Å². The fraction of sp³-hybridized carbons (Fsp3) is 0.400. The van der Waals surface area contributed by atoms with Crippen molar-refractivity contribution in [1.29, 1.82) is 0 Å². The molecule has 0 N–H and O–H groups in total. The van der Waals surface area contributed by atoms with Gasteiger partial charge in [-0.3, -0.25) is 0 Å². The molecule has 0 saturated carbocycles. The highest BCUT2D eigenvalue weighted by molar-refractivity contribution is 6.73. The van der Waals surface area contributed by atoms with Crippen LogP contribution in [0.4, 0.5) is 12.9 Å². The number of hydrogen-bond acceptors (Lipinski definition) is 2. The molecule has 0 saturated heterocycles. The Hall–Kier alpha value is -1.17. The van der Waals surface area contributed by atoms with Gasteiger partial charge in [-0.05, 0) is 19.1 Å². The minimum absolute atomic E-state index is 0.0912. The van der Waals surface area contributed by atoms with Crippen molar-refractivity contribution in [2.24, 2.45) is 0 Å². The van der Waals surface area contributed by atoms with Gasteiger partial charge in [-0.2, -0.15) is 0 Å². The van der Waals surface area contributed by atoms with Crippen LogP contribution in [-0.2, 0) is 4.74 Å². The Labute approximate surface area is 92.4 Å². The van der Waals surface area contributed by atoms with E-state index in [1.165, 1.54) is 12.1 Å². The zero-order chi connectivity index (χ0) is 12.2. The second-order valence-electron chi connectivity index (χ2n) is 3.50. The summed E-state index contributed by atoms with van der Waals surface area (Å²) in [6.07, 6.45) is -0.0912. The third kappa shape index (κ3) is 3.77. The highest BCUT2D eigenvalue weighted by atomic mass is 19.4. The Morgan fingerprint density at radius 1 is 1.19 bits per heavy atom. The van der Waals surface area contributed by atoms with Crippen LogP contribution in [0.1, 0.15) is 6.92 Å². The zero-order valence-electron chi connectivity index (χ0n) is 9.12. The lowest BCUT2D eigenvalue weighted by atomic mass is 9.80. The Balaban J connectivity index is 2.58. The van der Waals surface area contributed by atoms with Gasteiger partial charge in [0.1, 0.15) is 12.4 Å². The van der Waals surface area contributed by atoms with Crippen LogP contribution in [0, 0.1) is 0 Å². The first-order chi connectivity index (χ1) is 7.43. The van der Waals surface area contributed by atoms with Gasteiger partial charge in [0.2, 0.25) is 0 Å². The molecule has 0 heterocycles. The van der Waals surface area contributed by atoms with Crippen molar-refractivity contribution in [1.82, 2.24) is 0 Å². The van der Waals surface area contributed by atoms with Gasteiger partial charge < -0.3 is 22.4 Å². The molecule has 1 atom stereocenters. The maximum absolute atomic E-state index is 12.3. The van der Waals surface area contributed by atoms with Gasteiger partial charge in [0.05, 0.1) is 6.10 Å². The molecule has 90 valence electrons. The molecule has 1 aromatic carbocycles. The van der Waals surface area contributed by atoms with Crippen LogP contribution in [0.5, 0.6) is 5.75 Å². The van der Waals surface area contributed by atoms with E-state index in [-0.39, 0.29) is 6.10 Å². The smallest absolute Gasteiger partial charge is 0.491 e. The van der Waals surface area contributed by atoms with Gasteiger partial charge in [-0.1, -0.05) is 12.1 Å².